The number of rotatable bonds is 2. The Morgan fingerprint density at radius 1 is 0.947 bits per heavy atom. The molecule has 19 heavy (non-hydrogen) atoms. The predicted molar refractivity (Wildman–Crippen MR) is 79.6 cm³/mol. The third kappa shape index (κ3) is 2.39. The number of benzene rings is 2. The van der Waals surface area contributed by atoms with E-state index in [9.17, 15) is 0 Å². The third-order valence-electron chi connectivity index (χ3n) is 3.64. The lowest BCUT2D eigenvalue weighted by molar-refractivity contribution is 1.04. The summed E-state index contributed by atoms with van der Waals surface area (Å²) in [6.07, 6.45) is 0.854. The molecule has 0 radical (unpaired) electrons. The van der Waals surface area contributed by atoms with Gasteiger partial charge >= 0.3 is 0 Å². The Labute approximate surface area is 113 Å². The monoisotopic (exact) mass is 250 g/mol. The van der Waals surface area contributed by atoms with Crippen LogP contribution in [0.2, 0.25) is 0 Å². The molecular formula is C17H18N2. The molecule has 0 saturated heterocycles. The summed E-state index contributed by atoms with van der Waals surface area (Å²) in [7, 11) is 0. The van der Waals surface area contributed by atoms with E-state index in [-0.39, 0.29) is 0 Å². The Bertz CT molecular complexity index is 682. The van der Waals surface area contributed by atoms with E-state index >= 15 is 0 Å². The minimum Gasteiger partial charge on any atom is -0.342 e. The van der Waals surface area contributed by atoms with Gasteiger partial charge in [0.1, 0.15) is 5.82 Å². The minimum absolute atomic E-state index is 0.854. The molecule has 0 saturated carbocycles. The van der Waals surface area contributed by atoms with Crippen LogP contribution in [-0.2, 0) is 6.42 Å². The van der Waals surface area contributed by atoms with Crippen molar-refractivity contribution < 1.29 is 0 Å². The average molecular weight is 250 g/mol. The van der Waals surface area contributed by atoms with Crippen molar-refractivity contribution in [3.63, 3.8) is 0 Å². The molecular weight excluding hydrogens is 232 g/mol. The van der Waals surface area contributed by atoms with Crippen LogP contribution in [-0.4, -0.2) is 9.97 Å². The highest BCUT2D eigenvalue weighted by molar-refractivity contribution is 5.77. The van der Waals surface area contributed by atoms with Crippen LogP contribution >= 0.6 is 0 Å². The van der Waals surface area contributed by atoms with Crippen LogP contribution in [0, 0.1) is 20.8 Å². The van der Waals surface area contributed by atoms with Crippen LogP contribution in [0.25, 0.3) is 11.0 Å². The molecule has 1 aromatic heterocycles. The molecule has 0 atom stereocenters. The van der Waals surface area contributed by atoms with E-state index in [0.29, 0.717) is 0 Å². The number of hydrogen-bond acceptors (Lipinski definition) is 1. The van der Waals surface area contributed by atoms with E-state index in [1.807, 2.05) is 0 Å². The van der Waals surface area contributed by atoms with Crippen molar-refractivity contribution >= 4 is 11.0 Å². The summed E-state index contributed by atoms with van der Waals surface area (Å²) in [6, 6.07) is 13.0. The van der Waals surface area contributed by atoms with Gasteiger partial charge in [0.25, 0.3) is 0 Å². The van der Waals surface area contributed by atoms with Gasteiger partial charge in [0.05, 0.1) is 11.0 Å². The highest BCUT2D eigenvalue weighted by Crippen LogP contribution is 2.18. The van der Waals surface area contributed by atoms with Gasteiger partial charge < -0.3 is 4.98 Å². The Balaban J connectivity index is 1.95. The molecule has 2 heteroatoms. The first kappa shape index (κ1) is 12.0. The molecule has 3 aromatic rings. The number of fused-ring (bicyclic) bond motifs is 1. The van der Waals surface area contributed by atoms with E-state index in [0.717, 1.165) is 23.3 Å². The van der Waals surface area contributed by atoms with Crippen LogP contribution < -0.4 is 0 Å². The van der Waals surface area contributed by atoms with Gasteiger partial charge in [-0.3, -0.25) is 0 Å². The maximum Gasteiger partial charge on any atom is 0.111 e. The highest BCUT2D eigenvalue weighted by Gasteiger charge is 2.05. The van der Waals surface area contributed by atoms with Crippen molar-refractivity contribution in [1.82, 2.24) is 9.97 Å². The lowest BCUT2D eigenvalue weighted by Crippen LogP contribution is -1.90. The summed E-state index contributed by atoms with van der Waals surface area (Å²) in [6.45, 7) is 6.37. The topological polar surface area (TPSA) is 28.7 Å². The summed E-state index contributed by atoms with van der Waals surface area (Å²) in [5.74, 6) is 1.03. The molecule has 0 aliphatic rings. The second-order valence-electron chi connectivity index (χ2n) is 5.30. The van der Waals surface area contributed by atoms with Gasteiger partial charge in [-0.05, 0) is 49.6 Å². The zero-order valence-electron chi connectivity index (χ0n) is 11.6. The normalized spacial score (nSPS) is 11.1. The first-order valence-corrected chi connectivity index (χ1v) is 6.63. The van der Waals surface area contributed by atoms with Crippen molar-refractivity contribution in [2.45, 2.75) is 27.2 Å². The van der Waals surface area contributed by atoms with Gasteiger partial charge in [-0.2, -0.15) is 0 Å². The summed E-state index contributed by atoms with van der Waals surface area (Å²) in [5, 5.41) is 0. The van der Waals surface area contributed by atoms with Crippen molar-refractivity contribution in [1.29, 1.82) is 0 Å². The lowest BCUT2D eigenvalue weighted by atomic mass is 10.1. The number of imidazole rings is 1. The molecule has 0 bridgehead atoms. The zero-order chi connectivity index (χ0) is 13.4. The summed E-state index contributed by atoms with van der Waals surface area (Å²) < 4.78 is 0. The standard InChI is InChI=1S/C17H18N2/c1-11-4-6-14(7-5-11)10-17-18-15-8-12(2)13(3)9-16(15)19-17/h4-9H,10H2,1-3H3,(H,18,19). The molecule has 96 valence electrons. The third-order valence-corrected chi connectivity index (χ3v) is 3.64. The Hall–Kier alpha value is -2.09. The number of nitrogens with zero attached hydrogens (tertiary/aromatic N) is 1. The molecule has 0 amide bonds. The highest BCUT2D eigenvalue weighted by atomic mass is 14.9. The number of aromatic amines is 1. The Kier molecular flexibility index (Phi) is 2.86. The molecule has 0 aliphatic heterocycles. The SMILES string of the molecule is Cc1ccc(Cc2nc3cc(C)c(C)cc3[nH]2)cc1. The Morgan fingerprint density at radius 2 is 1.63 bits per heavy atom. The van der Waals surface area contributed by atoms with Crippen molar-refractivity contribution in [2.75, 3.05) is 0 Å². The summed E-state index contributed by atoms with van der Waals surface area (Å²) in [4.78, 5) is 8.09. The molecule has 1 N–H and O–H groups in total. The molecule has 0 aliphatic carbocycles. The van der Waals surface area contributed by atoms with E-state index in [1.165, 1.54) is 22.3 Å². The van der Waals surface area contributed by atoms with Crippen LogP contribution in [0.5, 0.6) is 0 Å². The van der Waals surface area contributed by atoms with Crippen LogP contribution in [0.1, 0.15) is 28.1 Å². The quantitative estimate of drug-likeness (QED) is 0.729. The smallest absolute Gasteiger partial charge is 0.111 e. The minimum atomic E-state index is 0.854. The lowest BCUT2D eigenvalue weighted by Gasteiger charge is -1.98. The van der Waals surface area contributed by atoms with Gasteiger partial charge in [-0.1, -0.05) is 29.8 Å². The fourth-order valence-corrected chi connectivity index (χ4v) is 2.31. The molecule has 3 rings (SSSR count). The van der Waals surface area contributed by atoms with Crippen LogP contribution in [0.3, 0.4) is 0 Å². The second-order valence-corrected chi connectivity index (χ2v) is 5.30. The number of H-pyrrole nitrogens is 1. The first-order chi connectivity index (χ1) is 9.11. The predicted octanol–water partition coefficient (Wildman–Crippen LogP) is 4.08. The van der Waals surface area contributed by atoms with Crippen molar-refractivity contribution in [3.05, 3.63) is 64.5 Å². The molecule has 0 spiro atoms. The fraction of sp³-hybridized carbons (Fsp3) is 0.235. The van der Waals surface area contributed by atoms with Gasteiger partial charge in [-0.15, -0.1) is 0 Å². The average Bonchev–Trinajstić information content (AvgIpc) is 2.74. The zero-order valence-corrected chi connectivity index (χ0v) is 11.6. The van der Waals surface area contributed by atoms with Gasteiger partial charge in [0.2, 0.25) is 0 Å². The molecule has 0 unspecified atom stereocenters. The van der Waals surface area contributed by atoms with E-state index in [2.05, 4.69) is 67.1 Å². The largest absolute Gasteiger partial charge is 0.342 e. The molecule has 2 aromatic carbocycles. The molecule has 0 fully saturated rings. The van der Waals surface area contributed by atoms with Gasteiger partial charge in [0.15, 0.2) is 0 Å². The second kappa shape index (κ2) is 4.54. The number of aryl methyl sites for hydroxylation is 3. The van der Waals surface area contributed by atoms with E-state index in [4.69, 9.17) is 0 Å². The number of hydrogen-bond donors (Lipinski definition) is 1. The fourth-order valence-electron chi connectivity index (χ4n) is 2.31. The first-order valence-electron chi connectivity index (χ1n) is 6.63. The van der Waals surface area contributed by atoms with Gasteiger partial charge in [0, 0.05) is 6.42 Å². The van der Waals surface area contributed by atoms with Crippen LogP contribution in [0.4, 0.5) is 0 Å². The van der Waals surface area contributed by atoms with Crippen LogP contribution in [0.15, 0.2) is 36.4 Å². The summed E-state index contributed by atoms with van der Waals surface area (Å²) >= 11 is 0. The summed E-state index contributed by atoms with van der Waals surface area (Å²) in [5.41, 5.74) is 7.37. The molecule has 2 nitrogen and oxygen atoms in total. The van der Waals surface area contributed by atoms with E-state index in [1.54, 1.807) is 0 Å². The Morgan fingerprint density at radius 3 is 2.37 bits per heavy atom. The van der Waals surface area contributed by atoms with Crippen molar-refractivity contribution in [2.24, 2.45) is 0 Å². The number of aromatic nitrogens is 2. The van der Waals surface area contributed by atoms with Gasteiger partial charge in [-0.25, -0.2) is 4.98 Å². The maximum absolute atomic E-state index is 4.68. The molecule has 1 heterocycles. The number of nitrogens with one attached hydrogen (secondary N) is 1. The van der Waals surface area contributed by atoms with E-state index < -0.39 is 0 Å². The maximum atomic E-state index is 4.68. The van der Waals surface area contributed by atoms with Crippen molar-refractivity contribution in [3.8, 4) is 0 Å².